The van der Waals surface area contributed by atoms with Gasteiger partial charge in [-0.05, 0) is 44.5 Å². The molecule has 0 spiro atoms. The number of amides is 1. The highest BCUT2D eigenvalue weighted by Crippen LogP contribution is 2.27. The Hall–Kier alpha value is -2.64. The highest BCUT2D eigenvalue weighted by molar-refractivity contribution is 6.29. The Morgan fingerprint density at radius 2 is 1.79 bits per heavy atom. The number of anilines is 1. The summed E-state index contributed by atoms with van der Waals surface area (Å²) in [7, 11) is 2.81. The van der Waals surface area contributed by atoms with Gasteiger partial charge in [0.05, 0.1) is 38.0 Å². The zero-order valence-corrected chi connectivity index (χ0v) is 17.2. The van der Waals surface area contributed by atoms with Gasteiger partial charge in [-0.25, -0.2) is 9.78 Å². The van der Waals surface area contributed by atoms with E-state index in [0.29, 0.717) is 5.75 Å². The number of rotatable bonds is 6. The summed E-state index contributed by atoms with van der Waals surface area (Å²) in [6.45, 7) is 5.38. The maximum absolute atomic E-state index is 13.1. The number of aromatic nitrogens is 1. The average molecular weight is 407 g/mol. The molecule has 2 rings (SSSR count). The fourth-order valence-electron chi connectivity index (χ4n) is 2.36. The quantitative estimate of drug-likeness (QED) is 0.412. The topological polar surface area (TPSA) is 78.0 Å². The molecule has 1 aromatic carbocycles. The minimum Gasteiger partial charge on any atom is -0.497 e. The molecule has 0 N–H and O–H groups in total. The lowest BCUT2D eigenvalue weighted by atomic mass is 10.1. The summed E-state index contributed by atoms with van der Waals surface area (Å²) in [5, 5.41) is 1.17. The third-order valence-electron chi connectivity index (χ3n) is 3.58. The summed E-state index contributed by atoms with van der Waals surface area (Å²) in [5.74, 6) is -0.345. The van der Waals surface area contributed by atoms with Gasteiger partial charge in [-0.3, -0.25) is 9.63 Å². The summed E-state index contributed by atoms with van der Waals surface area (Å²) in [5.41, 5.74) is 0.289. The monoisotopic (exact) mass is 406 g/mol. The lowest BCUT2D eigenvalue weighted by Crippen LogP contribution is -2.40. The van der Waals surface area contributed by atoms with E-state index in [0.717, 1.165) is 10.6 Å². The Morgan fingerprint density at radius 3 is 2.32 bits per heavy atom. The largest absolute Gasteiger partial charge is 0.497 e. The molecule has 0 saturated carbocycles. The van der Waals surface area contributed by atoms with Crippen LogP contribution >= 0.6 is 11.6 Å². The second kappa shape index (κ2) is 9.03. The summed E-state index contributed by atoms with van der Waals surface area (Å²) in [6, 6.07) is 8.44. The maximum atomic E-state index is 13.1. The van der Waals surface area contributed by atoms with Crippen LogP contribution in [0.1, 0.15) is 36.7 Å². The van der Waals surface area contributed by atoms with E-state index in [9.17, 15) is 9.59 Å². The zero-order valence-electron chi connectivity index (χ0n) is 16.5. The van der Waals surface area contributed by atoms with E-state index in [1.165, 1.54) is 19.4 Å². The standard InChI is InChI=1S/C20H23ClN2O5/c1-20(2,3)28-23(16-12-22-17(21)11-15(16)19(25)27-5)18(24)10-13-6-8-14(26-4)9-7-13/h6-9,11-12H,10H2,1-5H3. The van der Waals surface area contributed by atoms with Crippen molar-refractivity contribution in [1.82, 2.24) is 4.98 Å². The minimum absolute atomic E-state index is 0.0450. The Morgan fingerprint density at radius 1 is 1.14 bits per heavy atom. The van der Waals surface area contributed by atoms with E-state index in [2.05, 4.69) is 4.98 Å². The van der Waals surface area contributed by atoms with E-state index >= 15 is 0 Å². The van der Waals surface area contributed by atoms with Crippen molar-refractivity contribution in [2.45, 2.75) is 32.8 Å². The molecule has 0 radical (unpaired) electrons. The summed E-state index contributed by atoms with van der Waals surface area (Å²) in [6.07, 6.45) is 1.36. The molecular formula is C20H23ClN2O5. The van der Waals surface area contributed by atoms with Crippen LogP contribution in [0, 0.1) is 0 Å². The first kappa shape index (κ1) is 21.7. The fraction of sp³-hybridized carbons (Fsp3) is 0.350. The van der Waals surface area contributed by atoms with Gasteiger partial charge in [0.2, 0.25) is 0 Å². The molecule has 0 aliphatic heterocycles. The van der Waals surface area contributed by atoms with E-state index in [4.69, 9.17) is 25.9 Å². The smallest absolute Gasteiger partial charge is 0.340 e. The number of ether oxygens (including phenoxy) is 2. The van der Waals surface area contributed by atoms with Crippen molar-refractivity contribution in [3.05, 3.63) is 52.8 Å². The number of pyridine rings is 1. The zero-order chi connectivity index (χ0) is 20.9. The molecule has 1 heterocycles. The molecule has 7 nitrogen and oxygen atoms in total. The number of halogens is 1. The minimum atomic E-state index is -0.706. The third-order valence-corrected chi connectivity index (χ3v) is 3.79. The van der Waals surface area contributed by atoms with Crippen LogP contribution in [0.3, 0.4) is 0 Å². The van der Waals surface area contributed by atoms with Crippen LogP contribution < -0.4 is 9.80 Å². The molecular weight excluding hydrogens is 384 g/mol. The number of carbonyl (C=O) groups excluding carboxylic acids is 2. The highest BCUT2D eigenvalue weighted by Gasteiger charge is 2.28. The fourth-order valence-corrected chi connectivity index (χ4v) is 2.51. The molecule has 0 unspecified atom stereocenters. The lowest BCUT2D eigenvalue weighted by molar-refractivity contribution is -0.131. The Bertz CT molecular complexity index is 847. The molecule has 0 saturated heterocycles. The first-order valence-electron chi connectivity index (χ1n) is 8.53. The van der Waals surface area contributed by atoms with Crippen molar-refractivity contribution in [3.63, 3.8) is 0 Å². The molecule has 0 aliphatic carbocycles. The number of hydrogen-bond donors (Lipinski definition) is 0. The number of benzene rings is 1. The van der Waals surface area contributed by atoms with E-state index in [1.807, 2.05) is 0 Å². The van der Waals surface area contributed by atoms with Crippen molar-refractivity contribution in [3.8, 4) is 5.75 Å². The highest BCUT2D eigenvalue weighted by atomic mass is 35.5. The van der Waals surface area contributed by atoms with Crippen LogP contribution in [0.15, 0.2) is 36.5 Å². The van der Waals surface area contributed by atoms with Gasteiger partial charge < -0.3 is 9.47 Å². The molecule has 2 aromatic rings. The molecule has 0 aliphatic rings. The molecule has 8 heteroatoms. The summed E-state index contributed by atoms with van der Waals surface area (Å²) < 4.78 is 9.93. The predicted octanol–water partition coefficient (Wildman–Crippen LogP) is 3.84. The van der Waals surface area contributed by atoms with E-state index in [1.54, 1.807) is 52.1 Å². The van der Waals surface area contributed by atoms with Gasteiger partial charge in [-0.15, -0.1) is 0 Å². The van der Waals surface area contributed by atoms with Crippen LogP contribution in [0.4, 0.5) is 5.69 Å². The maximum Gasteiger partial charge on any atom is 0.340 e. The molecule has 0 bridgehead atoms. The second-order valence-electron chi connectivity index (χ2n) is 6.93. The van der Waals surface area contributed by atoms with Crippen LogP contribution in [-0.4, -0.2) is 36.7 Å². The van der Waals surface area contributed by atoms with Gasteiger partial charge in [0.25, 0.3) is 5.91 Å². The number of carbonyl (C=O) groups is 2. The van der Waals surface area contributed by atoms with E-state index in [-0.39, 0.29) is 28.7 Å². The summed E-state index contributed by atoms with van der Waals surface area (Å²) >= 11 is 5.92. The van der Waals surface area contributed by atoms with Crippen LogP contribution in [0.5, 0.6) is 5.75 Å². The molecule has 150 valence electrons. The van der Waals surface area contributed by atoms with Crippen LogP contribution in [0.25, 0.3) is 0 Å². The van der Waals surface area contributed by atoms with Gasteiger partial charge in [0, 0.05) is 0 Å². The molecule has 1 aromatic heterocycles. The van der Waals surface area contributed by atoms with Crippen molar-refractivity contribution < 1.29 is 23.9 Å². The number of methoxy groups -OCH3 is 2. The van der Waals surface area contributed by atoms with Gasteiger partial charge in [-0.1, -0.05) is 23.7 Å². The van der Waals surface area contributed by atoms with Crippen molar-refractivity contribution in [2.75, 3.05) is 19.3 Å². The number of hydroxylamine groups is 1. The second-order valence-corrected chi connectivity index (χ2v) is 7.32. The molecule has 1 amide bonds. The number of esters is 1. The van der Waals surface area contributed by atoms with Gasteiger partial charge in [0.1, 0.15) is 16.6 Å². The first-order valence-corrected chi connectivity index (χ1v) is 8.91. The SMILES string of the molecule is COC(=O)c1cc(Cl)ncc1N(OC(C)(C)C)C(=O)Cc1ccc(OC)cc1. The predicted molar refractivity (Wildman–Crippen MR) is 106 cm³/mol. The van der Waals surface area contributed by atoms with Crippen molar-refractivity contribution in [2.24, 2.45) is 0 Å². The Balaban J connectivity index is 2.41. The molecule has 0 atom stereocenters. The van der Waals surface area contributed by atoms with Gasteiger partial charge in [-0.2, -0.15) is 5.06 Å². The van der Waals surface area contributed by atoms with Gasteiger partial charge >= 0.3 is 5.97 Å². The first-order chi connectivity index (χ1) is 13.1. The van der Waals surface area contributed by atoms with E-state index < -0.39 is 11.6 Å². The van der Waals surface area contributed by atoms with Crippen molar-refractivity contribution in [1.29, 1.82) is 0 Å². The normalized spacial score (nSPS) is 11.1. The average Bonchev–Trinajstić information content (AvgIpc) is 2.65. The molecule has 0 fully saturated rings. The van der Waals surface area contributed by atoms with Crippen molar-refractivity contribution >= 4 is 29.2 Å². The number of hydrogen-bond acceptors (Lipinski definition) is 6. The lowest BCUT2D eigenvalue weighted by Gasteiger charge is -2.30. The van der Waals surface area contributed by atoms with Gasteiger partial charge in [0.15, 0.2) is 0 Å². The molecule has 28 heavy (non-hydrogen) atoms. The Labute approximate surface area is 169 Å². The summed E-state index contributed by atoms with van der Waals surface area (Å²) in [4.78, 5) is 35.1. The Kier molecular flexibility index (Phi) is 6.99. The van der Waals surface area contributed by atoms with Crippen LogP contribution in [-0.2, 0) is 20.8 Å². The number of nitrogens with zero attached hydrogens (tertiary/aromatic N) is 2. The van der Waals surface area contributed by atoms with Crippen LogP contribution in [0.2, 0.25) is 5.15 Å². The third kappa shape index (κ3) is 5.68.